The molecule has 1 heterocycles. The molecule has 0 aliphatic rings. The van der Waals surface area contributed by atoms with E-state index in [1.54, 1.807) is 30.4 Å². The Morgan fingerprint density at radius 3 is 2.52 bits per heavy atom. The minimum Gasteiger partial charge on any atom is -0.376 e. The fourth-order valence-electron chi connectivity index (χ4n) is 2.92. The molecule has 0 spiro atoms. The first kappa shape index (κ1) is 22.1. The van der Waals surface area contributed by atoms with Gasteiger partial charge in [-0.3, -0.25) is 9.78 Å². The molecule has 0 aliphatic carbocycles. The number of benzene rings is 2. The molecule has 1 N–H and O–H groups in total. The van der Waals surface area contributed by atoms with Crippen molar-refractivity contribution in [2.24, 2.45) is 0 Å². The number of nitriles is 1. The van der Waals surface area contributed by atoms with Crippen molar-refractivity contribution in [2.45, 2.75) is 23.1 Å². The number of para-hydroxylation sites is 1. The number of nitrogens with zero attached hydrogens (tertiary/aromatic N) is 3. The van der Waals surface area contributed by atoms with E-state index in [1.807, 2.05) is 84.6 Å². The van der Waals surface area contributed by atoms with Crippen LogP contribution in [0.5, 0.6) is 0 Å². The molecule has 6 heteroatoms. The van der Waals surface area contributed by atoms with Crippen LogP contribution in [-0.2, 0) is 11.2 Å². The van der Waals surface area contributed by atoms with Crippen molar-refractivity contribution < 1.29 is 4.79 Å². The molecule has 1 amide bonds. The lowest BCUT2D eigenvalue weighted by Crippen LogP contribution is -2.23. The molecule has 3 aromatic rings. The normalized spacial score (nSPS) is 10.9. The van der Waals surface area contributed by atoms with Gasteiger partial charge >= 0.3 is 0 Å². The van der Waals surface area contributed by atoms with E-state index in [0.29, 0.717) is 18.8 Å². The number of carbonyl (C=O) groups is 1. The Balaban J connectivity index is 1.70. The van der Waals surface area contributed by atoms with E-state index in [9.17, 15) is 10.1 Å². The predicted octanol–water partition coefficient (Wildman–Crippen LogP) is 5.14. The van der Waals surface area contributed by atoms with Crippen molar-refractivity contribution in [3.63, 3.8) is 0 Å². The van der Waals surface area contributed by atoms with E-state index in [4.69, 9.17) is 0 Å². The van der Waals surface area contributed by atoms with E-state index in [-0.39, 0.29) is 5.57 Å². The Bertz CT molecular complexity index is 1060. The third-order valence-corrected chi connectivity index (χ3v) is 5.71. The fraction of sp³-hybridized carbons (Fsp3) is 0.160. The third kappa shape index (κ3) is 6.73. The Morgan fingerprint density at radius 1 is 1.10 bits per heavy atom. The molecular formula is C25H24N4OS. The SMILES string of the molecule is CCN(/C=C(/C#N)C(=O)Nc1ccccc1Sc1ccccc1)CCc1ccncc1. The molecule has 0 radical (unpaired) electrons. The molecule has 2 aromatic carbocycles. The first-order valence-corrected chi connectivity index (χ1v) is 10.9. The molecule has 0 saturated carbocycles. The maximum atomic E-state index is 12.8. The highest BCUT2D eigenvalue weighted by atomic mass is 32.2. The van der Waals surface area contributed by atoms with Gasteiger partial charge in [0.25, 0.3) is 5.91 Å². The van der Waals surface area contributed by atoms with Crippen LogP contribution in [0, 0.1) is 11.3 Å². The molecule has 0 atom stereocenters. The average Bonchev–Trinajstić information content (AvgIpc) is 2.82. The zero-order chi connectivity index (χ0) is 21.9. The number of pyridine rings is 1. The molecule has 3 rings (SSSR count). The second-order valence-corrected chi connectivity index (χ2v) is 7.87. The zero-order valence-corrected chi connectivity index (χ0v) is 18.2. The Labute approximate surface area is 187 Å². The van der Waals surface area contributed by atoms with Gasteiger partial charge in [0.1, 0.15) is 11.6 Å². The lowest BCUT2D eigenvalue weighted by Gasteiger charge is -2.19. The van der Waals surface area contributed by atoms with Crippen LogP contribution in [0.4, 0.5) is 5.69 Å². The second kappa shape index (κ2) is 11.6. The van der Waals surface area contributed by atoms with Crippen LogP contribution >= 0.6 is 11.8 Å². The molecule has 0 unspecified atom stereocenters. The standard InChI is InChI=1S/C25H24N4OS/c1-2-29(17-14-20-12-15-27-16-13-20)19-21(18-26)25(30)28-23-10-6-7-11-24(23)31-22-8-4-3-5-9-22/h3-13,15-16,19H,2,14,17H2,1H3,(H,28,30)/b21-19-. The van der Waals surface area contributed by atoms with Gasteiger partial charge in [0.05, 0.1) is 5.69 Å². The number of amides is 1. The summed E-state index contributed by atoms with van der Waals surface area (Å²) in [6, 6.07) is 23.5. The highest BCUT2D eigenvalue weighted by Gasteiger charge is 2.14. The number of aromatic nitrogens is 1. The van der Waals surface area contributed by atoms with Gasteiger partial charge in [-0.2, -0.15) is 5.26 Å². The minimum absolute atomic E-state index is 0.0797. The molecule has 0 bridgehead atoms. The first-order chi connectivity index (χ1) is 15.2. The van der Waals surface area contributed by atoms with Crippen molar-refractivity contribution in [3.8, 4) is 6.07 Å². The molecule has 0 aliphatic heterocycles. The minimum atomic E-state index is -0.411. The van der Waals surface area contributed by atoms with Crippen molar-refractivity contribution in [3.05, 3.63) is 96.5 Å². The third-order valence-electron chi connectivity index (χ3n) is 4.63. The van der Waals surface area contributed by atoms with Gasteiger partial charge < -0.3 is 10.2 Å². The molecular weight excluding hydrogens is 404 g/mol. The van der Waals surface area contributed by atoms with Gasteiger partial charge in [0.15, 0.2) is 0 Å². The number of nitrogens with one attached hydrogen (secondary N) is 1. The number of rotatable bonds is 9. The van der Waals surface area contributed by atoms with Gasteiger partial charge in [-0.05, 0) is 55.3 Å². The van der Waals surface area contributed by atoms with Crippen LogP contribution in [0.25, 0.3) is 0 Å². The largest absolute Gasteiger partial charge is 0.376 e. The lowest BCUT2D eigenvalue weighted by atomic mass is 10.2. The van der Waals surface area contributed by atoms with E-state index in [2.05, 4.69) is 10.3 Å². The summed E-state index contributed by atoms with van der Waals surface area (Å²) in [4.78, 5) is 20.8. The monoisotopic (exact) mass is 428 g/mol. The van der Waals surface area contributed by atoms with Crippen molar-refractivity contribution >= 4 is 23.4 Å². The summed E-state index contributed by atoms with van der Waals surface area (Å²) in [7, 11) is 0. The van der Waals surface area contributed by atoms with Crippen LogP contribution in [0.2, 0.25) is 0 Å². The lowest BCUT2D eigenvalue weighted by molar-refractivity contribution is -0.112. The molecule has 156 valence electrons. The molecule has 31 heavy (non-hydrogen) atoms. The summed E-state index contributed by atoms with van der Waals surface area (Å²) >= 11 is 1.57. The van der Waals surface area contributed by atoms with Gasteiger partial charge in [-0.15, -0.1) is 0 Å². The van der Waals surface area contributed by atoms with Gasteiger partial charge in [0.2, 0.25) is 0 Å². The molecule has 0 fully saturated rings. The summed E-state index contributed by atoms with van der Waals surface area (Å²) in [5, 5.41) is 12.5. The summed E-state index contributed by atoms with van der Waals surface area (Å²) in [6.07, 6.45) is 5.98. The van der Waals surface area contributed by atoms with E-state index in [0.717, 1.165) is 21.8 Å². The Hall–Kier alpha value is -3.56. The summed E-state index contributed by atoms with van der Waals surface area (Å²) in [6.45, 7) is 3.41. The number of likely N-dealkylation sites (N-methyl/N-ethyl adjacent to an activating group) is 1. The quantitative estimate of drug-likeness (QED) is 0.377. The summed E-state index contributed by atoms with van der Waals surface area (Å²) in [5.41, 5.74) is 1.93. The highest BCUT2D eigenvalue weighted by Crippen LogP contribution is 2.33. The summed E-state index contributed by atoms with van der Waals surface area (Å²) < 4.78 is 0. The molecule has 0 saturated heterocycles. The maximum Gasteiger partial charge on any atom is 0.267 e. The summed E-state index contributed by atoms with van der Waals surface area (Å²) in [5.74, 6) is -0.411. The van der Waals surface area contributed by atoms with Gasteiger partial charge in [0, 0.05) is 41.5 Å². The van der Waals surface area contributed by atoms with Crippen molar-refractivity contribution in [1.29, 1.82) is 5.26 Å². The van der Waals surface area contributed by atoms with Gasteiger partial charge in [-0.1, -0.05) is 42.1 Å². The Kier molecular flexibility index (Phi) is 8.27. The van der Waals surface area contributed by atoms with E-state index < -0.39 is 5.91 Å². The molecule has 1 aromatic heterocycles. The second-order valence-electron chi connectivity index (χ2n) is 6.75. The smallest absolute Gasteiger partial charge is 0.267 e. The number of carbonyl (C=O) groups excluding carboxylic acids is 1. The predicted molar refractivity (Wildman–Crippen MR) is 125 cm³/mol. The number of anilines is 1. The van der Waals surface area contributed by atoms with E-state index in [1.165, 1.54) is 0 Å². The molecule has 5 nitrogen and oxygen atoms in total. The van der Waals surface area contributed by atoms with Crippen molar-refractivity contribution in [1.82, 2.24) is 9.88 Å². The first-order valence-electron chi connectivity index (χ1n) is 10.1. The Morgan fingerprint density at radius 2 is 1.81 bits per heavy atom. The van der Waals surface area contributed by atoms with Gasteiger partial charge in [-0.25, -0.2) is 0 Å². The van der Waals surface area contributed by atoms with Crippen molar-refractivity contribution in [2.75, 3.05) is 18.4 Å². The topological polar surface area (TPSA) is 69.0 Å². The van der Waals surface area contributed by atoms with E-state index >= 15 is 0 Å². The van der Waals surface area contributed by atoms with Crippen LogP contribution in [0.1, 0.15) is 12.5 Å². The fourth-order valence-corrected chi connectivity index (χ4v) is 3.84. The highest BCUT2D eigenvalue weighted by molar-refractivity contribution is 7.99. The maximum absolute atomic E-state index is 12.8. The van der Waals surface area contributed by atoms with Crippen LogP contribution in [0.15, 0.2) is 101 Å². The van der Waals surface area contributed by atoms with Crippen LogP contribution < -0.4 is 5.32 Å². The number of hydrogen-bond donors (Lipinski definition) is 1. The zero-order valence-electron chi connectivity index (χ0n) is 17.4. The van der Waals surface area contributed by atoms with Crippen LogP contribution in [-0.4, -0.2) is 28.9 Å². The number of hydrogen-bond acceptors (Lipinski definition) is 5. The van der Waals surface area contributed by atoms with Crippen LogP contribution in [0.3, 0.4) is 0 Å². The average molecular weight is 429 g/mol.